The zero-order chi connectivity index (χ0) is 13.8. The molecule has 0 amide bonds. The fraction of sp³-hybridized carbons (Fsp3) is 0.188. The summed E-state index contributed by atoms with van der Waals surface area (Å²) >= 11 is 0. The molecule has 0 aliphatic carbocycles. The Morgan fingerprint density at radius 1 is 1.32 bits per heavy atom. The van der Waals surface area contributed by atoms with E-state index in [2.05, 4.69) is 0 Å². The van der Waals surface area contributed by atoms with Crippen LogP contribution in [0.15, 0.2) is 36.4 Å². The number of ether oxygens (including phenoxy) is 1. The smallest absolute Gasteiger partial charge is 0.152 e. The Morgan fingerprint density at radius 3 is 2.74 bits per heavy atom. The summed E-state index contributed by atoms with van der Waals surface area (Å²) in [7, 11) is 1.61. The first-order chi connectivity index (χ1) is 9.13. The number of ketones is 1. The van der Waals surface area contributed by atoms with Gasteiger partial charge in [-0.15, -0.1) is 0 Å². The molecule has 0 aromatic heterocycles. The largest absolute Gasteiger partial charge is 0.496 e. The van der Waals surface area contributed by atoms with Gasteiger partial charge in [-0.25, -0.2) is 0 Å². The Hall–Kier alpha value is -2.13. The Labute approximate surface area is 112 Å². The van der Waals surface area contributed by atoms with Crippen LogP contribution >= 0.6 is 0 Å². The van der Waals surface area contributed by atoms with E-state index in [0.717, 1.165) is 27.6 Å². The lowest BCUT2D eigenvalue weighted by molar-refractivity contribution is -0.112. The van der Waals surface area contributed by atoms with Crippen LogP contribution in [0.25, 0.3) is 16.8 Å². The molecule has 19 heavy (non-hydrogen) atoms. The molecule has 0 heterocycles. The molecule has 98 valence electrons. The summed E-state index contributed by atoms with van der Waals surface area (Å²) in [5.74, 6) is 0.738. The van der Waals surface area contributed by atoms with Gasteiger partial charge in [0.05, 0.1) is 13.7 Å². The second-order valence-corrected chi connectivity index (χ2v) is 4.38. The maximum Gasteiger partial charge on any atom is 0.152 e. The molecule has 0 fully saturated rings. The van der Waals surface area contributed by atoms with E-state index in [1.165, 1.54) is 13.0 Å². The highest BCUT2D eigenvalue weighted by Gasteiger charge is 2.04. The van der Waals surface area contributed by atoms with Crippen molar-refractivity contribution >= 4 is 22.6 Å². The number of hydrogen-bond donors (Lipinski definition) is 1. The zero-order valence-electron chi connectivity index (χ0n) is 11.0. The summed E-state index contributed by atoms with van der Waals surface area (Å²) in [6.07, 6.45) is 3.32. The van der Waals surface area contributed by atoms with Crippen LogP contribution in [0.5, 0.6) is 5.75 Å². The summed E-state index contributed by atoms with van der Waals surface area (Å²) in [4.78, 5) is 10.9. The van der Waals surface area contributed by atoms with Crippen molar-refractivity contribution in [2.45, 2.75) is 13.5 Å². The zero-order valence-corrected chi connectivity index (χ0v) is 11.0. The number of aliphatic hydroxyl groups is 1. The van der Waals surface area contributed by atoms with Gasteiger partial charge in [-0.3, -0.25) is 4.79 Å². The number of benzene rings is 2. The Morgan fingerprint density at radius 2 is 2.11 bits per heavy atom. The Balaban J connectivity index is 2.55. The maximum atomic E-state index is 10.9. The molecule has 0 spiro atoms. The molecular weight excluding hydrogens is 240 g/mol. The molecule has 0 saturated heterocycles. The molecule has 0 saturated carbocycles. The topological polar surface area (TPSA) is 46.5 Å². The fourth-order valence-corrected chi connectivity index (χ4v) is 1.98. The number of aliphatic hydroxyl groups excluding tert-OH is 1. The SMILES string of the molecule is COc1cc(CO)cc2ccc(C=CC(C)=O)cc12. The minimum atomic E-state index is -0.0156. The van der Waals surface area contributed by atoms with Crippen LogP contribution in [0, 0.1) is 0 Å². The van der Waals surface area contributed by atoms with Gasteiger partial charge < -0.3 is 9.84 Å². The van der Waals surface area contributed by atoms with Crippen LogP contribution in [0.3, 0.4) is 0 Å². The number of allylic oxidation sites excluding steroid dienone is 1. The van der Waals surface area contributed by atoms with Crippen molar-refractivity contribution in [3.8, 4) is 5.75 Å². The molecule has 3 nitrogen and oxygen atoms in total. The van der Waals surface area contributed by atoms with E-state index < -0.39 is 0 Å². The summed E-state index contributed by atoms with van der Waals surface area (Å²) in [6.45, 7) is 1.50. The highest BCUT2D eigenvalue weighted by atomic mass is 16.5. The van der Waals surface area contributed by atoms with Gasteiger partial charge in [0.15, 0.2) is 5.78 Å². The number of fused-ring (bicyclic) bond motifs is 1. The first kappa shape index (κ1) is 13.3. The monoisotopic (exact) mass is 256 g/mol. The van der Waals surface area contributed by atoms with Crippen LogP contribution in [-0.4, -0.2) is 18.0 Å². The third-order valence-corrected chi connectivity index (χ3v) is 2.91. The Kier molecular flexibility index (Phi) is 3.97. The van der Waals surface area contributed by atoms with Crippen LogP contribution in [-0.2, 0) is 11.4 Å². The van der Waals surface area contributed by atoms with Gasteiger partial charge in [0.2, 0.25) is 0 Å². The minimum Gasteiger partial charge on any atom is -0.496 e. The molecule has 0 unspecified atom stereocenters. The number of methoxy groups -OCH3 is 1. The molecule has 0 bridgehead atoms. The Bertz CT molecular complexity index is 642. The average molecular weight is 256 g/mol. The van der Waals surface area contributed by atoms with Gasteiger partial charge in [-0.2, -0.15) is 0 Å². The molecule has 2 aromatic rings. The van der Waals surface area contributed by atoms with Crippen LogP contribution < -0.4 is 4.74 Å². The van der Waals surface area contributed by atoms with Crippen molar-refractivity contribution in [1.29, 1.82) is 0 Å². The summed E-state index contributed by atoms with van der Waals surface area (Å²) < 4.78 is 5.35. The van der Waals surface area contributed by atoms with Gasteiger partial charge in [0, 0.05) is 5.39 Å². The quantitative estimate of drug-likeness (QED) is 0.855. The van der Waals surface area contributed by atoms with Gasteiger partial charge in [-0.1, -0.05) is 18.2 Å². The predicted molar refractivity (Wildman–Crippen MR) is 76.1 cm³/mol. The van der Waals surface area contributed by atoms with Crippen molar-refractivity contribution in [3.05, 3.63) is 47.5 Å². The summed E-state index contributed by atoms with van der Waals surface area (Å²) in [5, 5.41) is 11.2. The second kappa shape index (κ2) is 5.67. The van der Waals surface area contributed by atoms with Crippen molar-refractivity contribution in [2.24, 2.45) is 0 Å². The summed E-state index contributed by atoms with van der Waals surface area (Å²) in [6, 6.07) is 9.60. The lowest BCUT2D eigenvalue weighted by Crippen LogP contribution is -1.90. The number of carbonyl (C=O) groups is 1. The normalized spacial score (nSPS) is 11.1. The van der Waals surface area contributed by atoms with E-state index in [-0.39, 0.29) is 12.4 Å². The minimum absolute atomic E-state index is 0.0156. The maximum absolute atomic E-state index is 10.9. The molecule has 3 heteroatoms. The van der Waals surface area contributed by atoms with Crippen molar-refractivity contribution in [3.63, 3.8) is 0 Å². The second-order valence-electron chi connectivity index (χ2n) is 4.38. The number of carbonyl (C=O) groups excluding carboxylic acids is 1. The van der Waals surface area contributed by atoms with Crippen molar-refractivity contribution in [1.82, 2.24) is 0 Å². The molecule has 0 aliphatic rings. The first-order valence-corrected chi connectivity index (χ1v) is 6.04. The van der Waals surface area contributed by atoms with Gasteiger partial charge in [-0.05, 0) is 47.7 Å². The van der Waals surface area contributed by atoms with Crippen LogP contribution in [0.4, 0.5) is 0 Å². The molecule has 0 radical (unpaired) electrons. The van der Waals surface area contributed by atoms with E-state index in [1.807, 2.05) is 30.3 Å². The molecule has 1 N–H and O–H groups in total. The molecule has 2 rings (SSSR count). The molecule has 2 aromatic carbocycles. The lowest BCUT2D eigenvalue weighted by atomic mass is 10.0. The van der Waals surface area contributed by atoms with Crippen LogP contribution in [0.1, 0.15) is 18.1 Å². The van der Waals surface area contributed by atoms with Gasteiger partial charge in [0.1, 0.15) is 5.75 Å². The third-order valence-electron chi connectivity index (χ3n) is 2.91. The van der Waals surface area contributed by atoms with E-state index in [9.17, 15) is 9.90 Å². The van der Waals surface area contributed by atoms with Crippen LogP contribution in [0.2, 0.25) is 0 Å². The fourth-order valence-electron chi connectivity index (χ4n) is 1.98. The number of rotatable bonds is 4. The lowest BCUT2D eigenvalue weighted by Gasteiger charge is -2.09. The molecule has 0 atom stereocenters. The number of hydrogen-bond acceptors (Lipinski definition) is 3. The van der Waals surface area contributed by atoms with E-state index in [1.54, 1.807) is 13.2 Å². The average Bonchev–Trinajstić information content (AvgIpc) is 2.43. The van der Waals surface area contributed by atoms with Gasteiger partial charge >= 0.3 is 0 Å². The van der Waals surface area contributed by atoms with E-state index in [4.69, 9.17) is 4.74 Å². The molecular formula is C16H16O3. The first-order valence-electron chi connectivity index (χ1n) is 6.04. The summed E-state index contributed by atoms with van der Waals surface area (Å²) in [5.41, 5.74) is 1.76. The van der Waals surface area contributed by atoms with Gasteiger partial charge in [0.25, 0.3) is 0 Å². The highest BCUT2D eigenvalue weighted by Crippen LogP contribution is 2.29. The van der Waals surface area contributed by atoms with Crippen molar-refractivity contribution in [2.75, 3.05) is 7.11 Å². The third kappa shape index (κ3) is 3.01. The van der Waals surface area contributed by atoms with E-state index in [0.29, 0.717) is 0 Å². The standard InChI is InChI=1S/C16H16O3/c1-11(18)3-4-12-5-6-14-7-13(10-17)9-16(19-2)15(14)8-12/h3-9,17H,10H2,1-2H3. The van der Waals surface area contributed by atoms with Crippen molar-refractivity contribution < 1.29 is 14.6 Å². The highest BCUT2D eigenvalue weighted by molar-refractivity contribution is 5.94. The predicted octanol–water partition coefficient (Wildman–Crippen LogP) is 2.94. The van der Waals surface area contributed by atoms with E-state index >= 15 is 0 Å². The molecule has 0 aliphatic heterocycles.